The zero-order valence-corrected chi connectivity index (χ0v) is 14.2. The summed E-state index contributed by atoms with van der Waals surface area (Å²) in [6, 6.07) is 7.82. The molecule has 5 nitrogen and oxygen atoms in total. The molecule has 1 aromatic carbocycles. The predicted octanol–water partition coefficient (Wildman–Crippen LogP) is 3.78. The molecule has 0 unspecified atom stereocenters. The fourth-order valence-corrected chi connectivity index (χ4v) is 2.04. The third kappa shape index (κ3) is 5.96. The van der Waals surface area contributed by atoms with E-state index in [2.05, 4.69) is 15.4 Å². The van der Waals surface area contributed by atoms with E-state index in [9.17, 15) is 4.79 Å². The van der Waals surface area contributed by atoms with Crippen molar-refractivity contribution in [3.8, 4) is 11.1 Å². The van der Waals surface area contributed by atoms with Crippen LogP contribution in [0.25, 0.3) is 11.1 Å². The summed E-state index contributed by atoms with van der Waals surface area (Å²) in [4.78, 5) is 24.6. The highest BCUT2D eigenvalue weighted by Crippen LogP contribution is 2.20. The van der Waals surface area contributed by atoms with Crippen molar-refractivity contribution in [1.29, 1.82) is 0 Å². The third-order valence-corrected chi connectivity index (χ3v) is 3.24. The van der Waals surface area contributed by atoms with Crippen molar-refractivity contribution in [2.24, 2.45) is 5.41 Å². The number of hydroxylamine groups is 1. The summed E-state index contributed by atoms with van der Waals surface area (Å²) in [5, 5.41) is 0.228. The molecule has 0 spiro atoms. The zero-order valence-electron chi connectivity index (χ0n) is 13.5. The monoisotopic (exact) mass is 333 g/mol. The number of carbonyl (C=O) groups excluding carboxylic acids is 1. The average molecular weight is 334 g/mol. The van der Waals surface area contributed by atoms with Crippen molar-refractivity contribution in [1.82, 2.24) is 15.4 Å². The minimum Gasteiger partial charge on any atom is -0.370 e. The Morgan fingerprint density at radius 2 is 1.74 bits per heavy atom. The molecule has 2 aromatic rings. The van der Waals surface area contributed by atoms with Crippen LogP contribution in [0.4, 0.5) is 0 Å². The van der Waals surface area contributed by atoms with Gasteiger partial charge in [-0.2, -0.15) is 0 Å². The Bertz CT molecular complexity index is 649. The van der Waals surface area contributed by atoms with Gasteiger partial charge in [0.15, 0.2) is 0 Å². The molecule has 1 heterocycles. The molecule has 0 radical (unpaired) electrons. The topological polar surface area (TPSA) is 64.1 Å². The molecule has 0 amide bonds. The number of benzene rings is 1. The second kappa shape index (κ2) is 7.53. The maximum atomic E-state index is 11.6. The van der Waals surface area contributed by atoms with E-state index >= 15 is 0 Å². The van der Waals surface area contributed by atoms with Crippen LogP contribution in [0.15, 0.2) is 36.7 Å². The molecule has 23 heavy (non-hydrogen) atoms. The largest absolute Gasteiger partial charge is 0.370 e. The van der Waals surface area contributed by atoms with Gasteiger partial charge in [0.05, 0.1) is 13.0 Å². The van der Waals surface area contributed by atoms with E-state index in [0.717, 1.165) is 16.7 Å². The molecular weight excluding hydrogens is 314 g/mol. The molecule has 0 aliphatic rings. The van der Waals surface area contributed by atoms with E-state index in [1.54, 1.807) is 12.4 Å². The van der Waals surface area contributed by atoms with Crippen LogP contribution in [0.3, 0.4) is 0 Å². The lowest BCUT2D eigenvalue weighted by molar-refractivity contribution is -0.153. The molecule has 0 aliphatic heterocycles. The van der Waals surface area contributed by atoms with Gasteiger partial charge in [-0.15, -0.1) is 5.48 Å². The van der Waals surface area contributed by atoms with Crippen molar-refractivity contribution in [3.05, 3.63) is 47.5 Å². The van der Waals surface area contributed by atoms with E-state index in [1.165, 1.54) is 0 Å². The van der Waals surface area contributed by atoms with Gasteiger partial charge in [0.2, 0.25) is 5.28 Å². The van der Waals surface area contributed by atoms with Gasteiger partial charge in [0, 0.05) is 18.0 Å². The van der Waals surface area contributed by atoms with Gasteiger partial charge < -0.3 is 4.84 Å². The number of carbonyl (C=O) groups is 1. The van der Waals surface area contributed by atoms with Gasteiger partial charge >= 0.3 is 5.97 Å². The molecule has 2 rings (SSSR count). The Labute approximate surface area is 141 Å². The number of nitrogens with one attached hydrogen (secondary N) is 1. The predicted molar refractivity (Wildman–Crippen MR) is 89.5 cm³/mol. The molecule has 1 aromatic heterocycles. The van der Waals surface area contributed by atoms with Gasteiger partial charge in [-0.05, 0) is 28.1 Å². The van der Waals surface area contributed by atoms with Crippen LogP contribution in [0.1, 0.15) is 32.8 Å². The van der Waals surface area contributed by atoms with Gasteiger partial charge in [-0.25, -0.2) is 9.97 Å². The highest BCUT2D eigenvalue weighted by Gasteiger charge is 2.17. The standard InChI is InChI=1S/C17H20ClN3O2/c1-17(2,3)8-15(22)23-21-9-12-4-6-13(7-5-12)14-10-19-16(18)20-11-14/h4-7,10-11,21H,8-9H2,1-3H3. The van der Waals surface area contributed by atoms with Crippen LogP contribution in [0, 0.1) is 5.41 Å². The smallest absolute Gasteiger partial charge is 0.325 e. The first kappa shape index (κ1) is 17.4. The SMILES string of the molecule is CC(C)(C)CC(=O)ONCc1ccc(-c2cnc(Cl)nc2)cc1. The fraction of sp³-hybridized carbons (Fsp3) is 0.353. The lowest BCUT2D eigenvalue weighted by Gasteiger charge is -2.16. The number of rotatable bonds is 5. The minimum absolute atomic E-state index is 0.0823. The van der Waals surface area contributed by atoms with Crippen LogP contribution in [-0.4, -0.2) is 15.9 Å². The number of nitrogens with zero attached hydrogens (tertiary/aromatic N) is 2. The summed E-state index contributed by atoms with van der Waals surface area (Å²) in [5.74, 6) is -0.257. The van der Waals surface area contributed by atoms with Crippen molar-refractivity contribution >= 4 is 17.6 Å². The highest BCUT2D eigenvalue weighted by molar-refractivity contribution is 6.28. The van der Waals surface area contributed by atoms with E-state index in [-0.39, 0.29) is 16.7 Å². The maximum absolute atomic E-state index is 11.6. The molecule has 0 saturated carbocycles. The molecule has 0 saturated heterocycles. The quantitative estimate of drug-likeness (QED) is 0.666. The summed E-state index contributed by atoms with van der Waals surface area (Å²) < 4.78 is 0. The maximum Gasteiger partial charge on any atom is 0.325 e. The summed E-state index contributed by atoms with van der Waals surface area (Å²) >= 11 is 5.68. The lowest BCUT2D eigenvalue weighted by atomic mass is 9.93. The second-order valence-corrected chi connectivity index (χ2v) is 6.81. The van der Waals surface area contributed by atoms with E-state index < -0.39 is 0 Å². The van der Waals surface area contributed by atoms with Crippen molar-refractivity contribution in [3.63, 3.8) is 0 Å². The lowest BCUT2D eigenvalue weighted by Crippen LogP contribution is -2.23. The van der Waals surface area contributed by atoms with Crippen LogP contribution in [0.5, 0.6) is 0 Å². The molecule has 0 fully saturated rings. The highest BCUT2D eigenvalue weighted by atomic mass is 35.5. The molecular formula is C17H20ClN3O2. The Balaban J connectivity index is 1.86. The van der Waals surface area contributed by atoms with Crippen molar-refractivity contribution in [2.45, 2.75) is 33.7 Å². The van der Waals surface area contributed by atoms with Crippen LogP contribution < -0.4 is 5.48 Å². The zero-order chi connectivity index (χ0) is 16.9. The summed E-state index contributed by atoms with van der Waals surface area (Å²) in [6.07, 6.45) is 3.73. The van der Waals surface area contributed by atoms with Crippen LogP contribution >= 0.6 is 11.6 Å². The van der Waals surface area contributed by atoms with Crippen molar-refractivity contribution < 1.29 is 9.63 Å². The Kier molecular flexibility index (Phi) is 5.69. The molecule has 6 heteroatoms. The van der Waals surface area contributed by atoms with Gasteiger partial charge in [-0.3, -0.25) is 4.79 Å². The third-order valence-electron chi connectivity index (χ3n) is 3.04. The van der Waals surface area contributed by atoms with Gasteiger partial charge in [0.1, 0.15) is 0 Å². The first-order chi connectivity index (χ1) is 10.8. The first-order valence-corrected chi connectivity index (χ1v) is 7.71. The average Bonchev–Trinajstić information content (AvgIpc) is 2.47. The number of aromatic nitrogens is 2. The van der Waals surface area contributed by atoms with E-state index in [1.807, 2.05) is 45.0 Å². The molecule has 122 valence electrons. The number of hydrogen-bond acceptors (Lipinski definition) is 5. The fourth-order valence-electron chi connectivity index (χ4n) is 1.95. The molecule has 1 N–H and O–H groups in total. The Hall–Kier alpha value is -1.98. The van der Waals surface area contributed by atoms with Gasteiger partial charge in [0.25, 0.3) is 0 Å². The van der Waals surface area contributed by atoms with Gasteiger partial charge in [-0.1, -0.05) is 45.0 Å². The Morgan fingerprint density at radius 1 is 1.13 bits per heavy atom. The van der Waals surface area contributed by atoms with Crippen LogP contribution in [0.2, 0.25) is 5.28 Å². The van der Waals surface area contributed by atoms with Crippen LogP contribution in [-0.2, 0) is 16.2 Å². The summed E-state index contributed by atoms with van der Waals surface area (Å²) in [7, 11) is 0. The first-order valence-electron chi connectivity index (χ1n) is 7.33. The van der Waals surface area contributed by atoms with E-state index in [0.29, 0.717) is 13.0 Å². The summed E-state index contributed by atoms with van der Waals surface area (Å²) in [6.45, 7) is 6.43. The summed E-state index contributed by atoms with van der Waals surface area (Å²) in [5.41, 5.74) is 5.51. The number of hydrogen-bond donors (Lipinski definition) is 1. The second-order valence-electron chi connectivity index (χ2n) is 6.47. The minimum atomic E-state index is -0.257. The molecule has 0 atom stereocenters. The number of halogens is 1. The van der Waals surface area contributed by atoms with Crippen molar-refractivity contribution in [2.75, 3.05) is 0 Å². The van der Waals surface area contributed by atoms with E-state index in [4.69, 9.17) is 16.4 Å². The molecule has 0 bridgehead atoms. The normalized spacial score (nSPS) is 11.3. The molecule has 0 aliphatic carbocycles. The Morgan fingerprint density at radius 3 is 2.30 bits per heavy atom.